The van der Waals surface area contributed by atoms with E-state index in [4.69, 9.17) is 9.47 Å². The van der Waals surface area contributed by atoms with E-state index in [1.54, 1.807) is 6.92 Å². The monoisotopic (exact) mass is 198 g/mol. The van der Waals surface area contributed by atoms with Gasteiger partial charge in [0.05, 0.1) is 19.3 Å². The molecule has 76 valence electrons. The number of benzene rings is 1. The highest BCUT2D eigenvalue weighted by molar-refractivity contribution is 5.80. The minimum atomic E-state index is -0.679. The van der Waals surface area contributed by atoms with Crippen LogP contribution < -0.4 is 9.47 Å². The maximum Gasteiger partial charge on any atom is 0.179 e. The third-order valence-electron chi connectivity index (χ3n) is 1.74. The molecule has 0 amide bonds. The Balaban J connectivity index is 3.20. The van der Waals surface area contributed by atoms with Gasteiger partial charge in [-0.25, -0.2) is 4.39 Å². The van der Waals surface area contributed by atoms with Crippen molar-refractivity contribution >= 4 is 6.29 Å². The molecule has 0 saturated heterocycles. The van der Waals surface area contributed by atoms with Gasteiger partial charge in [0.2, 0.25) is 0 Å². The minimum absolute atomic E-state index is 0.0652. The van der Waals surface area contributed by atoms with Crippen LogP contribution >= 0.6 is 0 Å². The number of methoxy groups -OCH3 is 1. The summed E-state index contributed by atoms with van der Waals surface area (Å²) in [5, 5.41) is 0. The van der Waals surface area contributed by atoms with Crippen LogP contribution in [0, 0.1) is 5.82 Å². The van der Waals surface area contributed by atoms with Crippen molar-refractivity contribution in [3.05, 3.63) is 23.5 Å². The van der Waals surface area contributed by atoms with Crippen LogP contribution in [0.2, 0.25) is 0 Å². The summed E-state index contributed by atoms with van der Waals surface area (Å²) in [5.74, 6) is -0.405. The van der Waals surface area contributed by atoms with Crippen molar-refractivity contribution in [1.82, 2.24) is 0 Å². The highest BCUT2D eigenvalue weighted by Gasteiger charge is 2.13. The molecule has 0 aromatic heterocycles. The highest BCUT2D eigenvalue weighted by Crippen LogP contribution is 2.27. The fourth-order valence-electron chi connectivity index (χ4n) is 1.11. The summed E-state index contributed by atoms with van der Waals surface area (Å²) in [6.45, 7) is 2.09. The molecule has 0 aliphatic carbocycles. The lowest BCUT2D eigenvalue weighted by Crippen LogP contribution is -2.00. The van der Waals surface area contributed by atoms with Crippen LogP contribution in [0.3, 0.4) is 0 Å². The van der Waals surface area contributed by atoms with E-state index in [-0.39, 0.29) is 17.1 Å². The second kappa shape index (κ2) is 4.60. The predicted octanol–water partition coefficient (Wildman–Crippen LogP) is 2.05. The zero-order chi connectivity index (χ0) is 10.6. The van der Waals surface area contributed by atoms with E-state index in [2.05, 4.69) is 0 Å². The number of hydrogen-bond acceptors (Lipinski definition) is 3. The van der Waals surface area contributed by atoms with Crippen molar-refractivity contribution in [1.29, 1.82) is 0 Å². The van der Waals surface area contributed by atoms with Gasteiger partial charge >= 0.3 is 0 Å². The summed E-state index contributed by atoms with van der Waals surface area (Å²) in [6.07, 6.45) is 0.413. The largest absolute Gasteiger partial charge is 0.496 e. The van der Waals surface area contributed by atoms with Gasteiger partial charge in [0.1, 0.15) is 5.75 Å². The Morgan fingerprint density at radius 1 is 1.43 bits per heavy atom. The molecular weight excluding hydrogens is 187 g/mol. The first-order valence-corrected chi connectivity index (χ1v) is 4.19. The normalized spacial score (nSPS) is 9.64. The molecule has 0 unspecified atom stereocenters. The molecule has 0 fully saturated rings. The molecule has 0 N–H and O–H groups in total. The molecule has 14 heavy (non-hydrogen) atoms. The summed E-state index contributed by atoms with van der Waals surface area (Å²) in [7, 11) is 1.38. The summed E-state index contributed by atoms with van der Waals surface area (Å²) >= 11 is 0. The first kappa shape index (κ1) is 10.5. The van der Waals surface area contributed by atoms with Gasteiger partial charge in [0.15, 0.2) is 17.9 Å². The van der Waals surface area contributed by atoms with Gasteiger partial charge in [0, 0.05) is 0 Å². The lowest BCUT2D eigenvalue weighted by atomic mass is 10.2. The van der Waals surface area contributed by atoms with Crippen LogP contribution in [-0.2, 0) is 0 Å². The van der Waals surface area contributed by atoms with Gasteiger partial charge in [-0.05, 0) is 19.1 Å². The number of hydrogen-bond donors (Lipinski definition) is 0. The molecule has 0 bridgehead atoms. The van der Waals surface area contributed by atoms with Crippen molar-refractivity contribution < 1.29 is 18.7 Å². The predicted molar refractivity (Wildman–Crippen MR) is 49.5 cm³/mol. The Morgan fingerprint density at radius 2 is 2.07 bits per heavy atom. The third kappa shape index (κ3) is 1.84. The van der Waals surface area contributed by atoms with Gasteiger partial charge in [0.25, 0.3) is 0 Å². The van der Waals surface area contributed by atoms with Crippen LogP contribution in [0.25, 0.3) is 0 Å². The molecule has 0 saturated carbocycles. The smallest absolute Gasteiger partial charge is 0.179 e. The number of ether oxygens (including phenoxy) is 2. The molecule has 0 aliphatic rings. The number of carbonyl (C=O) groups is 1. The van der Waals surface area contributed by atoms with Crippen LogP contribution in [0.1, 0.15) is 17.3 Å². The van der Waals surface area contributed by atoms with Gasteiger partial charge in [-0.15, -0.1) is 0 Å². The summed E-state index contributed by atoms with van der Waals surface area (Å²) in [4.78, 5) is 10.6. The first-order chi connectivity index (χ1) is 6.74. The van der Waals surface area contributed by atoms with Crippen molar-refractivity contribution in [3.63, 3.8) is 0 Å². The van der Waals surface area contributed by atoms with E-state index in [0.29, 0.717) is 12.9 Å². The van der Waals surface area contributed by atoms with Crippen LogP contribution in [0.5, 0.6) is 11.5 Å². The number of rotatable bonds is 4. The molecule has 0 spiro atoms. The standard InChI is InChI=1S/C10H11FO3/c1-3-14-9-5-4-8(13-2)7(6-12)10(9)11/h4-6H,3H2,1-2H3. The molecule has 1 aromatic rings. The maximum absolute atomic E-state index is 13.5. The maximum atomic E-state index is 13.5. The van der Waals surface area contributed by atoms with Crippen LogP contribution in [0.15, 0.2) is 12.1 Å². The Hall–Kier alpha value is -1.58. The van der Waals surface area contributed by atoms with Crippen LogP contribution in [-0.4, -0.2) is 20.0 Å². The molecule has 4 heteroatoms. The molecule has 0 heterocycles. The molecule has 3 nitrogen and oxygen atoms in total. The Kier molecular flexibility index (Phi) is 3.45. The quantitative estimate of drug-likeness (QED) is 0.694. The van der Waals surface area contributed by atoms with E-state index >= 15 is 0 Å². The molecular formula is C10H11FO3. The lowest BCUT2D eigenvalue weighted by molar-refractivity contribution is 0.111. The Bertz CT molecular complexity index is 336. The van der Waals surface area contributed by atoms with Crippen molar-refractivity contribution in [2.24, 2.45) is 0 Å². The van der Waals surface area contributed by atoms with E-state index < -0.39 is 5.82 Å². The summed E-state index contributed by atoms with van der Waals surface area (Å²) in [5.41, 5.74) is -0.113. The van der Waals surface area contributed by atoms with Crippen molar-refractivity contribution in [2.75, 3.05) is 13.7 Å². The topological polar surface area (TPSA) is 35.5 Å². The van der Waals surface area contributed by atoms with Gasteiger partial charge < -0.3 is 9.47 Å². The molecule has 0 aliphatic heterocycles. The first-order valence-electron chi connectivity index (χ1n) is 4.19. The average Bonchev–Trinajstić information content (AvgIpc) is 2.21. The molecule has 0 atom stereocenters. The fourth-order valence-corrected chi connectivity index (χ4v) is 1.11. The fraction of sp³-hybridized carbons (Fsp3) is 0.300. The van der Waals surface area contributed by atoms with Crippen molar-refractivity contribution in [2.45, 2.75) is 6.92 Å². The SMILES string of the molecule is CCOc1ccc(OC)c(C=O)c1F. The highest BCUT2D eigenvalue weighted by atomic mass is 19.1. The number of aldehydes is 1. The average molecular weight is 198 g/mol. The minimum Gasteiger partial charge on any atom is -0.496 e. The molecule has 1 aromatic carbocycles. The molecule has 1 rings (SSSR count). The van der Waals surface area contributed by atoms with Gasteiger partial charge in [-0.3, -0.25) is 4.79 Å². The Labute approximate surface area is 81.4 Å². The molecule has 0 radical (unpaired) electrons. The second-order valence-corrected chi connectivity index (χ2v) is 2.54. The summed E-state index contributed by atoms with van der Waals surface area (Å²) in [6, 6.07) is 2.93. The van der Waals surface area contributed by atoms with Crippen LogP contribution in [0.4, 0.5) is 4.39 Å². The van der Waals surface area contributed by atoms with Gasteiger partial charge in [-0.1, -0.05) is 0 Å². The van der Waals surface area contributed by atoms with Gasteiger partial charge in [-0.2, -0.15) is 0 Å². The summed E-state index contributed by atoms with van der Waals surface area (Å²) < 4.78 is 23.3. The third-order valence-corrected chi connectivity index (χ3v) is 1.74. The van der Waals surface area contributed by atoms with E-state index in [9.17, 15) is 9.18 Å². The number of carbonyl (C=O) groups excluding carboxylic acids is 1. The second-order valence-electron chi connectivity index (χ2n) is 2.54. The van der Waals surface area contributed by atoms with Crippen molar-refractivity contribution in [3.8, 4) is 11.5 Å². The zero-order valence-electron chi connectivity index (χ0n) is 8.04. The zero-order valence-corrected chi connectivity index (χ0v) is 8.04. The lowest BCUT2D eigenvalue weighted by Gasteiger charge is -2.08. The van der Waals surface area contributed by atoms with E-state index in [0.717, 1.165) is 0 Å². The van der Waals surface area contributed by atoms with E-state index in [1.807, 2.05) is 0 Å². The Morgan fingerprint density at radius 3 is 2.57 bits per heavy atom. The number of halogens is 1. The van der Waals surface area contributed by atoms with E-state index in [1.165, 1.54) is 19.2 Å².